The van der Waals surface area contributed by atoms with E-state index in [1.54, 1.807) is 5.51 Å². The molecule has 0 spiro atoms. The number of carbonyl (C=O) groups is 1. The van der Waals surface area contributed by atoms with Gasteiger partial charge in [0, 0.05) is 13.1 Å². The highest BCUT2D eigenvalue weighted by Gasteiger charge is 2.29. The van der Waals surface area contributed by atoms with Gasteiger partial charge >= 0.3 is 0 Å². The van der Waals surface area contributed by atoms with Crippen molar-refractivity contribution in [3.8, 4) is 0 Å². The fourth-order valence-corrected chi connectivity index (χ4v) is 3.76. The lowest BCUT2D eigenvalue weighted by atomic mass is 9.87. The molecule has 1 aliphatic rings. The van der Waals surface area contributed by atoms with E-state index >= 15 is 0 Å². The van der Waals surface area contributed by atoms with Crippen LogP contribution in [0.1, 0.15) is 39.9 Å². The predicted molar refractivity (Wildman–Crippen MR) is 86.9 cm³/mol. The molecule has 1 aliphatic heterocycles. The van der Waals surface area contributed by atoms with Gasteiger partial charge in [-0.1, -0.05) is 30.3 Å². The van der Waals surface area contributed by atoms with Crippen LogP contribution in [0.3, 0.4) is 0 Å². The summed E-state index contributed by atoms with van der Waals surface area (Å²) in [5.41, 5.74) is 3.49. The standard InChI is InChI=1S/C17H20N2O2S/c1-12-16(22-11-18-12)17(21)19-9-7-14(8-10-19)15(20)13-5-3-2-4-6-13/h2-6,11,14-15,20H,7-10H2,1H3. The van der Waals surface area contributed by atoms with Gasteiger partial charge in [-0.25, -0.2) is 4.98 Å². The summed E-state index contributed by atoms with van der Waals surface area (Å²) in [5.74, 6) is 0.293. The predicted octanol–water partition coefficient (Wildman–Crippen LogP) is 3.04. The fraction of sp³-hybridized carbons (Fsp3) is 0.412. The minimum Gasteiger partial charge on any atom is -0.388 e. The van der Waals surface area contributed by atoms with Gasteiger partial charge in [0.15, 0.2) is 0 Å². The number of amides is 1. The van der Waals surface area contributed by atoms with Crippen molar-refractivity contribution < 1.29 is 9.90 Å². The molecule has 22 heavy (non-hydrogen) atoms. The van der Waals surface area contributed by atoms with Crippen molar-refractivity contribution >= 4 is 17.2 Å². The van der Waals surface area contributed by atoms with E-state index in [2.05, 4.69) is 4.98 Å². The molecule has 0 saturated carbocycles. The zero-order valence-electron chi connectivity index (χ0n) is 12.6. The number of hydrogen-bond acceptors (Lipinski definition) is 4. The van der Waals surface area contributed by atoms with Crippen molar-refractivity contribution in [2.75, 3.05) is 13.1 Å². The average molecular weight is 316 g/mol. The molecule has 1 aromatic heterocycles. The lowest BCUT2D eigenvalue weighted by Gasteiger charge is -2.34. The Labute approximate surface area is 134 Å². The molecule has 3 rings (SSSR count). The number of aliphatic hydroxyl groups excluding tert-OH is 1. The van der Waals surface area contributed by atoms with Gasteiger partial charge in [0.2, 0.25) is 0 Å². The molecule has 2 heterocycles. The van der Waals surface area contributed by atoms with E-state index in [0.717, 1.165) is 29.0 Å². The van der Waals surface area contributed by atoms with E-state index in [1.165, 1.54) is 11.3 Å². The van der Waals surface area contributed by atoms with Crippen molar-refractivity contribution in [3.05, 3.63) is 52.0 Å². The van der Waals surface area contributed by atoms with Crippen molar-refractivity contribution in [3.63, 3.8) is 0 Å². The Balaban J connectivity index is 1.61. The molecule has 1 atom stereocenters. The maximum absolute atomic E-state index is 12.5. The normalized spacial score (nSPS) is 17.5. The minimum atomic E-state index is -0.441. The Bertz CT molecular complexity index is 633. The molecular weight excluding hydrogens is 296 g/mol. The van der Waals surface area contributed by atoms with Crippen LogP contribution >= 0.6 is 11.3 Å². The second-order valence-electron chi connectivity index (χ2n) is 5.75. The minimum absolute atomic E-state index is 0.0765. The number of piperidine rings is 1. The molecule has 116 valence electrons. The van der Waals surface area contributed by atoms with Crippen LogP contribution in [0.15, 0.2) is 35.8 Å². The molecule has 1 amide bonds. The van der Waals surface area contributed by atoms with Crippen LogP contribution in [0.5, 0.6) is 0 Å². The zero-order valence-corrected chi connectivity index (χ0v) is 13.4. The topological polar surface area (TPSA) is 53.4 Å². The summed E-state index contributed by atoms with van der Waals surface area (Å²) in [4.78, 5) is 19.2. The van der Waals surface area contributed by atoms with Crippen LogP contribution in [0, 0.1) is 12.8 Å². The van der Waals surface area contributed by atoms with Gasteiger partial charge in [0.25, 0.3) is 5.91 Å². The first-order valence-electron chi connectivity index (χ1n) is 7.59. The lowest BCUT2D eigenvalue weighted by Crippen LogP contribution is -2.39. The van der Waals surface area contributed by atoms with Gasteiger partial charge in [-0.3, -0.25) is 4.79 Å². The van der Waals surface area contributed by atoms with Crippen molar-refractivity contribution in [2.24, 2.45) is 5.92 Å². The number of carbonyl (C=O) groups excluding carboxylic acids is 1. The van der Waals surface area contributed by atoms with E-state index in [9.17, 15) is 9.90 Å². The number of hydrogen-bond donors (Lipinski definition) is 1. The summed E-state index contributed by atoms with van der Waals surface area (Å²) in [6.45, 7) is 3.27. The van der Waals surface area contributed by atoms with Gasteiger partial charge in [-0.05, 0) is 31.2 Å². The van der Waals surface area contributed by atoms with Crippen LogP contribution in [0.4, 0.5) is 0 Å². The third-order valence-corrected chi connectivity index (χ3v) is 5.27. The highest BCUT2D eigenvalue weighted by molar-refractivity contribution is 7.11. The monoisotopic (exact) mass is 316 g/mol. The lowest BCUT2D eigenvalue weighted by molar-refractivity contribution is 0.0465. The van der Waals surface area contributed by atoms with Gasteiger partial charge in [-0.2, -0.15) is 0 Å². The second-order valence-corrected chi connectivity index (χ2v) is 6.61. The van der Waals surface area contributed by atoms with Crippen LogP contribution in [0.25, 0.3) is 0 Å². The first kappa shape index (κ1) is 15.2. The molecule has 1 unspecified atom stereocenters. The first-order valence-corrected chi connectivity index (χ1v) is 8.47. The number of thiazole rings is 1. The molecule has 4 nitrogen and oxygen atoms in total. The molecule has 2 aromatic rings. The van der Waals surface area contributed by atoms with Gasteiger partial charge in [0.1, 0.15) is 4.88 Å². The maximum Gasteiger partial charge on any atom is 0.265 e. The molecule has 5 heteroatoms. The Morgan fingerprint density at radius 1 is 1.32 bits per heavy atom. The smallest absolute Gasteiger partial charge is 0.265 e. The van der Waals surface area contributed by atoms with E-state index < -0.39 is 6.10 Å². The quantitative estimate of drug-likeness (QED) is 0.947. The van der Waals surface area contributed by atoms with Crippen molar-refractivity contribution in [1.82, 2.24) is 9.88 Å². The number of likely N-dealkylation sites (tertiary alicyclic amines) is 1. The summed E-state index contributed by atoms with van der Waals surface area (Å²) in [6, 6.07) is 9.77. The number of aliphatic hydroxyl groups is 1. The molecule has 0 aliphatic carbocycles. The highest BCUT2D eigenvalue weighted by Crippen LogP contribution is 2.31. The fourth-order valence-electron chi connectivity index (χ4n) is 2.99. The third-order valence-electron chi connectivity index (χ3n) is 4.35. The van der Waals surface area contributed by atoms with Crippen molar-refractivity contribution in [1.29, 1.82) is 0 Å². The number of nitrogens with zero attached hydrogens (tertiary/aromatic N) is 2. The molecule has 1 fully saturated rings. The SMILES string of the molecule is Cc1ncsc1C(=O)N1CCC(C(O)c2ccccc2)CC1. The number of aromatic nitrogens is 1. The molecule has 0 radical (unpaired) electrons. The first-order chi connectivity index (χ1) is 10.7. The van der Waals surface area contributed by atoms with Gasteiger partial charge < -0.3 is 10.0 Å². The zero-order chi connectivity index (χ0) is 15.5. The average Bonchev–Trinajstić information content (AvgIpc) is 3.00. The summed E-state index contributed by atoms with van der Waals surface area (Å²) >= 11 is 1.40. The molecule has 0 bridgehead atoms. The summed E-state index contributed by atoms with van der Waals surface area (Å²) < 4.78 is 0. The van der Waals surface area contributed by atoms with Crippen LogP contribution in [-0.2, 0) is 0 Å². The molecule has 1 N–H and O–H groups in total. The Morgan fingerprint density at radius 3 is 2.59 bits per heavy atom. The summed E-state index contributed by atoms with van der Waals surface area (Å²) in [6.07, 6.45) is 1.22. The number of rotatable bonds is 3. The Morgan fingerprint density at radius 2 is 2.00 bits per heavy atom. The number of benzene rings is 1. The molecular formula is C17H20N2O2S. The van der Waals surface area contributed by atoms with Gasteiger partial charge in [0.05, 0.1) is 17.3 Å². The highest BCUT2D eigenvalue weighted by atomic mass is 32.1. The van der Waals surface area contributed by atoms with Crippen molar-refractivity contribution in [2.45, 2.75) is 25.9 Å². The summed E-state index contributed by atoms with van der Waals surface area (Å²) in [7, 11) is 0. The largest absolute Gasteiger partial charge is 0.388 e. The van der Waals surface area contributed by atoms with E-state index in [-0.39, 0.29) is 11.8 Å². The third kappa shape index (κ3) is 3.05. The van der Waals surface area contributed by atoms with Crippen LogP contribution in [-0.4, -0.2) is 34.0 Å². The second kappa shape index (κ2) is 6.58. The molecule has 1 saturated heterocycles. The van der Waals surface area contributed by atoms with Crippen LogP contribution in [0.2, 0.25) is 0 Å². The van der Waals surface area contributed by atoms with E-state index in [4.69, 9.17) is 0 Å². The van der Waals surface area contributed by atoms with E-state index in [0.29, 0.717) is 13.1 Å². The van der Waals surface area contributed by atoms with Crippen LogP contribution < -0.4 is 0 Å². The Kier molecular flexibility index (Phi) is 4.55. The summed E-state index contributed by atoms with van der Waals surface area (Å²) in [5, 5.41) is 10.5. The number of aryl methyl sites for hydroxylation is 1. The molecule has 1 aromatic carbocycles. The maximum atomic E-state index is 12.5. The Hall–Kier alpha value is -1.72. The van der Waals surface area contributed by atoms with E-state index in [1.807, 2.05) is 42.2 Å². The van der Waals surface area contributed by atoms with Gasteiger partial charge in [-0.15, -0.1) is 11.3 Å².